The third kappa shape index (κ3) is 4.21. The Morgan fingerprint density at radius 1 is 1.41 bits per heavy atom. The Balaban J connectivity index is 1.74. The van der Waals surface area contributed by atoms with Gasteiger partial charge in [0.15, 0.2) is 0 Å². The van der Waals surface area contributed by atoms with Gasteiger partial charge in [0, 0.05) is 17.6 Å². The van der Waals surface area contributed by atoms with Crippen LogP contribution in [0, 0.1) is 0 Å². The first-order valence-corrected chi connectivity index (χ1v) is 6.77. The van der Waals surface area contributed by atoms with Crippen molar-refractivity contribution in [2.45, 2.75) is 44.8 Å². The minimum atomic E-state index is 0.175. The summed E-state index contributed by atoms with van der Waals surface area (Å²) in [7, 11) is 0. The molecule has 2 rings (SSSR count). The largest absolute Gasteiger partial charge is 0.489 e. The standard InChI is InChI=1S/C14H20ClNO/c1-11(10-16-13-6-2-3-7-13)17-14-8-4-5-12(15)9-14/h4-5,8-9,11,13,16H,2-3,6-7,10H2,1H3. The van der Waals surface area contributed by atoms with E-state index in [1.807, 2.05) is 24.3 Å². The zero-order valence-electron chi connectivity index (χ0n) is 10.3. The molecule has 0 amide bonds. The number of ether oxygens (including phenoxy) is 1. The van der Waals surface area contributed by atoms with Gasteiger partial charge >= 0.3 is 0 Å². The highest BCUT2D eigenvalue weighted by Gasteiger charge is 2.15. The van der Waals surface area contributed by atoms with Gasteiger partial charge in [0.05, 0.1) is 0 Å². The van der Waals surface area contributed by atoms with Crippen molar-refractivity contribution in [2.24, 2.45) is 0 Å². The first-order chi connectivity index (χ1) is 8.24. The molecular weight excluding hydrogens is 234 g/mol. The molecule has 1 aromatic carbocycles. The summed E-state index contributed by atoms with van der Waals surface area (Å²) in [4.78, 5) is 0. The average Bonchev–Trinajstić information content (AvgIpc) is 2.79. The van der Waals surface area contributed by atoms with Crippen LogP contribution >= 0.6 is 11.6 Å². The molecule has 1 aliphatic carbocycles. The first-order valence-electron chi connectivity index (χ1n) is 6.39. The maximum Gasteiger partial charge on any atom is 0.121 e. The molecule has 0 aliphatic heterocycles. The Kier molecular flexibility index (Phi) is 4.69. The summed E-state index contributed by atoms with van der Waals surface area (Å²) in [5.41, 5.74) is 0. The van der Waals surface area contributed by atoms with E-state index in [-0.39, 0.29) is 6.10 Å². The minimum Gasteiger partial charge on any atom is -0.489 e. The van der Waals surface area contributed by atoms with Gasteiger partial charge < -0.3 is 10.1 Å². The summed E-state index contributed by atoms with van der Waals surface area (Å²) in [6, 6.07) is 8.26. The molecule has 0 aromatic heterocycles. The summed E-state index contributed by atoms with van der Waals surface area (Å²) < 4.78 is 5.81. The number of hydrogen-bond donors (Lipinski definition) is 1. The van der Waals surface area contributed by atoms with E-state index in [4.69, 9.17) is 16.3 Å². The van der Waals surface area contributed by atoms with Crippen molar-refractivity contribution in [1.82, 2.24) is 5.32 Å². The van der Waals surface area contributed by atoms with Gasteiger partial charge in [0.1, 0.15) is 11.9 Å². The van der Waals surface area contributed by atoms with Gasteiger partial charge in [-0.25, -0.2) is 0 Å². The topological polar surface area (TPSA) is 21.3 Å². The monoisotopic (exact) mass is 253 g/mol. The van der Waals surface area contributed by atoms with E-state index in [2.05, 4.69) is 12.2 Å². The normalized spacial score (nSPS) is 18.2. The molecule has 0 spiro atoms. The van der Waals surface area contributed by atoms with Crippen LogP contribution in [0.3, 0.4) is 0 Å². The van der Waals surface area contributed by atoms with Crippen LogP contribution in [-0.4, -0.2) is 18.7 Å². The minimum absolute atomic E-state index is 0.175. The van der Waals surface area contributed by atoms with Gasteiger partial charge in [0.25, 0.3) is 0 Å². The number of benzene rings is 1. The van der Waals surface area contributed by atoms with E-state index in [0.29, 0.717) is 6.04 Å². The fraction of sp³-hybridized carbons (Fsp3) is 0.571. The second-order valence-corrected chi connectivity index (χ2v) is 5.21. The summed E-state index contributed by atoms with van der Waals surface area (Å²) in [6.45, 7) is 2.99. The summed E-state index contributed by atoms with van der Waals surface area (Å²) in [6.07, 6.45) is 5.52. The van der Waals surface area contributed by atoms with Crippen LogP contribution in [0.15, 0.2) is 24.3 Å². The van der Waals surface area contributed by atoms with Crippen LogP contribution < -0.4 is 10.1 Å². The second-order valence-electron chi connectivity index (χ2n) is 4.78. The smallest absolute Gasteiger partial charge is 0.121 e. The molecule has 17 heavy (non-hydrogen) atoms. The average molecular weight is 254 g/mol. The summed E-state index contributed by atoms with van der Waals surface area (Å²) in [5.74, 6) is 0.846. The summed E-state index contributed by atoms with van der Waals surface area (Å²) in [5, 5.41) is 4.28. The highest BCUT2D eigenvalue weighted by Crippen LogP contribution is 2.19. The molecule has 1 aromatic rings. The Labute approximate surface area is 108 Å². The van der Waals surface area contributed by atoms with Crippen LogP contribution in [0.25, 0.3) is 0 Å². The molecule has 94 valence electrons. The third-order valence-corrected chi connectivity index (χ3v) is 3.42. The second kappa shape index (κ2) is 6.27. The molecule has 3 heteroatoms. The van der Waals surface area contributed by atoms with Crippen molar-refractivity contribution in [1.29, 1.82) is 0 Å². The van der Waals surface area contributed by atoms with Crippen molar-refractivity contribution in [3.63, 3.8) is 0 Å². The lowest BCUT2D eigenvalue weighted by Crippen LogP contribution is -2.35. The molecule has 1 fully saturated rings. The van der Waals surface area contributed by atoms with E-state index < -0.39 is 0 Å². The van der Waals surface area contributed by atoms with Gasteiger partial charge in [-0.3, -0.25) is 0 Å². The van der Waals surface area contributed by atoms with Crippen molar-refractivity contribution in [2.75, 3.05) is 6.54 Å². The van der Waals surface area contributed by atoms with Gasteiger partial charge in [-0.1, -0.05) is 30.5 Å². The molecule has 1 saturated carbocycles. The molecule has 0 saturated heterocycles. The van der Waals surface area contributed by atoms with Crippen molar-refractivity contribution >= 4 is 11.6 Å². The Bertz CT molecular complexity index is 350. The van der Waals surface area contributed by atoms with E-state index in [1.165, 1.54) is 25.7 Å². The number of nitrogens with one attached hydrogen (secondary N) is 1. The third-order valence-electron chi connectivity index (χ3n) is 3.18. The highest BCUT2D eigenvalue weighted by atomic mass is 35.5. The van der Waals surface area contributed by atoms with E-state index in [9.17, 15) is 0 Å². The van der Waals surface area contributed by atoms with Gasteiger partial charge in [-0.2, -0.15) is 0 Å². The number of hydrogen-bond acceptors (Lipinski definition) is 2. The molecule has 1 N–H and O–H groups in total. The first kappa shape index (κ1) is 12.7. The predicted molar refractivity (Wildman–Crippen MR) is 71.8 cm³/mol. The fourth-order valence-electron chi connectivity index (χ4n) is 2.28. The molecule has 0 bridgehead atoms. The Morgan fingerprint density at radius 3 is 2.88 bits per heavy atom. The van der Waals surface area contributed by atoms with E-state index in [1.54, 1.807) is 0 Å². The predicted octanol–water partition coefficient (Wildman–Crippen LogP) is 3.64. The fourth-order valence-corrected chi connectivity index (χ4v) is 2.46. The van der Waals surface area contributed by atoms with E-state index in [0.717, 1.165) is 17.3 Å². The van der Waals surface area contributed by atoms with Crippen LogP contribution in [-0.2, 0) is 0 Å². The van der Waals surface area contributed by atoms with Gasteiger partial charge in [-0.15, -0.1) is 0 Å². The van der Waals surface area contributed by atoms with Crippen LogP contribution in [0.2, 0.25) is 5.02 Å². The lowest BCUT2D eigenvalue weighted by Gasteiger charge is -2.18. The van der Waals surface area contributed by atoms with Gasteiger partial charge in [0.2, 0.25) is 0 Å². The number of rotatable bonds is 5. The lowest BCUT2D eigenvalue weighted by atomic mass is 10.2. The van der Waals surface area contributed by atoms with E-state index >= 15 is 0 Å². The molecule has 1 atom stereocenters. The zero-order valence-corrected chi connectivity index (χ0v) is 11.0. The van der Waals surface area contributed by atoms with Crippen LogP contribution in [0.5, 0.6) is 5.75 Å². The molecule has 0 heterocycles. The van der Waals surface area contributed by atoms with Crippen LogP contribution in [0.1, 0.15) is 32.6 Å². The molecule has 1 unspecified atom stereocenters. The Hall–Kier alpha value is -0.730. The molecule has 1 aliphatic rings. The maximum atomic E-state index is 5.91. The SMILES string of the molecule is CC(CNC1CCCC1)Oc1cccc(Cl)c1. The Morgan fingerprint density at radius 2 is 2.18 bits per heavy atom. The quantitative estimate of drug-likeness (QED) is 0.865. The van der Waals surface area contributed by atoms with Crippen molar-refractivity contribution in [3.05, 3.63) is 29.3 Å². The number of halogens is 1. The summed E-state index contributed by atoms with van der Waals surface area (Å²) >= 11 is 5.91. The van der Waals surface area contributed by atoms with Crippen molar-refractivity contribution in [3.8, 4) is 5.75 Å². The van der Waals surface area contributed by atoms with Crippen LogP contribution in [0.4, 0.5) is 0 Å². The lowest BCUT2D eigenvalue weighted by molar-refractivity contribution is 0.211. The van der Waals surface area contributed by atoms with Gasteiger partial charge in [-0.05, 0) is 38.0 Å². The molecule has 2 nitrogen and oxygen atoms in total. The maximum absolute atomic E-state index is 5.91. The molecular formula is C14H20ClNO. The molecule has 0 radical (unpaired) electrons. The highest BCUT2D eigenvalue weighted by molar-refractivity contribution is 6.30. The zero-order chi connectivity index (χ0) is 12.1. The van der Waals surface area contributed by atoms with Crippen molar-refractivity contribution < 1.29 is 4.74 Å².